The third-order valence-electron chi connectivity index (χ3n) is 6.67. The number of aromatic nitrogens is 1. The Kier molecular flexibility index (Phi) is 6.32. The second-order valence-electron chi connectivity index (χ2n) is 8.56. The summed E-state index contributed by atoms with van der Waals surface area (Å²) in [5.74, 6) is 0.755. The molecule has 2 aliphatic rings. The number of hydrogen-bond donors (Lipinski definition) is 1. The summed E-state index contributed by atoms with van der Waals surface area (Å²) in [5, 5.41) is 0. The Morgan fingerprint density at radius 3 is 2.58 bits per heavy atom. The molecule has 1 aromatic heterocycles. The van der Waals surface area contributed by atoms with Crippen LogP contribution in [0.15, 0.2) is 35.1 Å². The number of piperidine rings is 1. The summed E-state index contributed by atoms with van der Waals surface area (Å²) in [6.07, 6.45) is 2.05. The molecule has 1 amide bonds. The number of hydrogen-bond acceptors (Lipinski definition) is 5. The van der Waals surface area contributed by atoms with Crippen molar-refractivity contribution >= 4 is 11.6 Å². The molecule has 0 saturated carbocycles. The monoisotopic (exact) mass is 424 g/mol. The average molecular weight is 425 g/mol. The lowest BCUT2D eigenvalue weighted by Crippen LogP contribution is -2.56. The number of nitrogens with one attached hydrogen (secondary N) is 1. The largest absolute Gasteiger partial charge is 0.495 e. The maximum Gasteiger partial charge on any atom is 0.261 e. The number of aromatic amines is 1. The van der Waals surface area contributed by atoms with Gasteiger partial charge < -0.3 is 19.5 Å². The van der Waals surface area contributed by atoms with Crippen LogP contribution in [0.25, 0.3) is 0 Å². The minimum Gasteiger partial charge on any atom is -0.495 e. The van der Waals surface area contributed by atoms with Crippen molar-refractivity contribution in [1.82, 2.24) is 14.8 Å². The number of benzene rings is 1. The van der Waals surface area contributed by atoms with Crippen LogP contribution in [0, 0.1) is 13.8 Å². The molecule has 7 heteroatoms. The van der Waals surface area contributed by atoms with Crippen molar-refractivity contribution in [3.8, 4) is 5.75 Å². The first-order chi connectivity index (χ1) is 15.0. The number of carbonyl (C=O) groups is 1. The van der Waals surface area contributed by atoms with Gasteiger partial charge in [-0.25, -0.2) is 0 Å². The van der Waals surface area contributed by atoms with Crippen LogP contribution in [0.2, 0.25) is 0 Å². The number of amides is 1. The van der Waals surface area contributed by atoms with Crippen LogP contribution in [0.4, 0.5) is 5.69 Å². The number of para-hydroxylation sites is 2. The highest BCUT2D eigenvalue weighted by Crippen LogP contribution is 2.29. The molecule has 1 unspecified atom stereocenters. The van der Waals surface area contributed by atoms with Crippen molar-refractivity contribution in [3.05, 3.63) is 57.5 Å². The van der Waals surface area contributed by atoms with Gasteiger partial charge in [0, 0.05) is 51.0 Å². The molecule has 2 saturated heterocycles. The maximum absolute atomic E-state index is 13.1. The third kappa shape index (κ3) is 4.46. The van der Waals surface area contributed by atoms with Gasteiger partial charge in [-0.15, -0.1) is 0 Å². The van der Waals surface area contributed by atoms with E-state index < -0.39 is 0 Å². The van der Waals surface area contributed by atoms with E-state index in [-0.39, 0.29) is 17.0 Å². The number of nitrogens with zero attached hydrogens (tertiary/aromatic N) is 3. The second kappa shape index (κ2) is 9.14. The van der Waals surface area contributed by atoms with Gasteiger partial charge in [0.15, 0.2) is 0 Å². The number of anilines is 1. The first-order valence-electron chi connectivity index (χ1n) is 11.1. The van der Waals surface area contributed by atoms with Crippen LogP contribution in [0.5, 0.6) is 5.75 Å². The Bertz CT molecular complexity index is 995. The first kappa shape index (κ1) is 21.4. The molecule has 0 spiro atoms. The summed E-state index contributed by atoms with van der Waals surface area (Å²) >= 11 is 0. The fourth-order valence-corrected chi connectivity index (χ4v) is 4.71. The highest BCUT2D eigenvalue weighted by molar-refractivity contribution is 5.94. The van der Waals surface area contributed by atoms with E-state index in [1.807, 2.05) is 36.9 Å². The fourth-order valence-electron chi connectivity index (χ4n) is 4.71. The molecule has 3 heterocycles. The molecule has 31 heavy (non-hydrogen) atoms. The van der Waals surface area contributed by atoms with E-state index in [9.17, 15) is 9.59 Å². The predicted molar refractivity (Wildman–Crippen MR) is 122 cm³/mol. The molecule has 2 fully saturated rings. The lowest BCUT2D eigenvalue weighted by Gasteiger charge is -2.44. The second-order valence-corrected chi connectivity index (χ2v) is 8.56. The van der Waals surface area contributed by atoms with Crippen LogP contribution in [0.3, 0.4) is 0 Å². The lowest BCUT2D eigenvalue weighted by atomic mass is 10.0. The molecule has 0 bridgehead atoms. The van der Waals surface area contributed by atoms with Crippen LogP contribution < -0.4 is 15.2 Å². The van der Waals surface area contributed by atoms with Crippen LogP contribution in [-0.2, 0) is 0 Å². The molecule has 2 aromatic rings. The minimum absolute atomic E-state index is 0.151. The summed E-state index contributed by atoms with van der Waals surface area (Å²) in [4.78, 5) is 35.0. The minimum atomic E-state index is -0.291. The van der Waals surface area contributed by atoms with Crippen molar-refractivity contribution in [1.29, 1.82) is 0 Å². The molecule has 1 aromatic carbocycles. The van der Waals surface area contributed by atoms with E-state index in [1.165, 1.54) is 0 Å². The van der Waals surface area contributed by atoms with Gasteiger partial charge in [-0.2, -0.15) is 0 Å². The highest BCUT2D eigenvalue weighted by atomic mass is 16.5. The van der Waals surface area contributed by atoms with E-state index in [2.05, 4.69) is 20.9 Å². The fraction of sp³-hybridized carbons (Fsp3) is 0.500. The van der Waals surface area contributed by atoms with Gasteiger partial charge in [-0.05, 0) is 50.5 Å². The number of piperazine rings is 1. The summed E-state index contributed by atoms with van der Waals surface area (Å²) < 4.78 is 5.52. The standard InChI is InChI=1S/C24H32N4O3/c1-17-15-20(23(29)25-18(17)2)24(30)28-10-6-7-19(16-28)26-11-13-27(14-12-26)21-8-4-5-9-22(21)31-3/h4-5,8-9,15,19H,6-7,10-14,16H2,1-3H3,(H,25,29). The van der Waals surface area contributed by atoms with Crippen molar-refractivity contribution in [2.75, 3.05) is 51.3 Å². The van der Waals surface area contributed by atoms with Crippen LogP contribution in [-0.4, -0.2) is 73.1 Å². The van der Waals surface area contributed by atoms with Crippen LogP contribution >= 0.6 is 0 Å². The lowest BCUT2D eigenvalue weighted by molar-refractivity contribution is 0.0561. The Labute approximate surface area is 183 Å². The van der Waals surface area contributed by atoms with E-state index in [0.717, 1.165) is 61.7 Å². The predicted octanol–water partition coefficient (Wildman–Crippen LogP) is 2.43. The average Bonchev–Trinajstić information content (AvgIpc) is 2.81. The molecule has 7 nitrogen and oxygen atoms in total. The van der Waals surface area contributed by atoms with E-state index in [4.69, 9.17) is 4.74 Å². The van der Waals surface area contributed by atoms with Gasteiger partial charge in [0.25, 0.3) is 11.5 Å². The number of carbonyl (C=O) groups excluding carboxylic acids is 1. The number of aryl methyl sites for hydroxylation is 2. The summed E-state index contributed by atoms with van der Waals surface area (Å²) in [6, 6.07) is 10.2. The normalized spacial score (nSPS) is 20.0. The summed E-state index contributed by atoms with van der Waals surface area (Å²) in [7, 11) is 1.71. The number of methoxy groups -OCH3 is 1. The van der Waals surface area contributed by atoms with Gasteiger partial charge in [0.05, 0.1) is 12.8 Å². The number of likely N-dealkylation sites (tertiary alicyclic amines) is 1. The van der Waals surface area contributed by atoms with Crippen LogP contribution in [0.1, 0.15) is 34.5 Å². The SMILES string of the molecule is COc1ccccc1N1CCN(C2CCCN(C(=O)c3cc(C)c(C)[nH]c3=O)C2)CC1. The molecule has 0 radical (unpaired) electrons. The quantitative estimate of drug-likeness (QED) is 0.817. The third-order valence-corrected chi connectivity index (χ3v) is 6.67. The zero-order valence-electron chi connectivity index (χ0n) is 18.7. The van der Waals surface area contributed by atoms with Crippen molar-refractivity contribution in [2.45, 2.75) is 32.7 Å². The first-order valence-corrected chi connectivity index (χ1v) is 11.1. The zero-order valence-corrected chi connectivity index (χ0v) is 18.7. The van der Waals surface area contributed by atoms with Gasteiger partial charge in [-0.3, -0.25) is 14.5 Å². The molecule has 0 aliphatic carbocycles. The van der Waals surface area contributed by atoms with Gasteiger partial charge in [-0.1, -0.05) is 12.1 Å². The Hall–Kier alpha value is -2.80. The van der Waals surface area contributed by atoms with E-state index in [0.29, 0.717) is 19.1 Å². The van der Waals surface area contributed by atoms with Crippen molar-refractivity contribution in [2.24, 2.45) is 0 Å². The molecular weight excluding hydrogens is 392 g/mol. The highest BCUT2D eigenvalue weighted by Gasteiger charge is 2.31. The molecule has 4 rings (SSSR count). The molecule has 2 aliphatic heterocycles. The topological polar surface area (TPSA) is 68.9 Å². The number of ether oxygens (including phenoxy) is 1. The van der Waals surface area contributed by atoms with Gasteiger partial charge >= 0.3 is 0 Å². The summed E-state index contributed by atoms with van der Waals surface area (Å²) in [6.45, 7) is 8.94. The smallest absolute Gasteiger partial charge is 0.261 e. The molecule has 166 valence electrons. The van der Waals surface area contributed by atoms with E-state index in [1.54, 1.807) is 13.2 Å². The maximum atomic E-state index is 13.1. The molecular formula is C24H32N4O3. The van der Waals surface area contributed by atoms with Crippen molar-refractivity contribution < 1.29 is 9.53 Å². The zero-order chi connectivity index (χ0) is 22.0. The Morgan fingerprint density at radius 2 is 1.84 bits per heavy atom. The Morgan fingerprint density at radius 1 is 1.10 bits per heavy atom. The number of pyridine rings is 1. The van der Waals surface area contributed by atoms with E-state index >= 15 is 0 Å². The van der Waals surface area contributed by atoms with Gasteiger partial charge in [0.2, 0.25) is 0 Å². The number of rotatable bonds is 4. The number of H-pyrrole nitrogens is 1. The molecule has 1 N–H and O–H groups in total. The summed E-state index contributed by atoms with van der Waals surface area (Å²) in [5.41, 5.74) is 2.85. The van der Waals surface area contributed by atoms with Gasteiger partial charge in [0.1, 0.15) is 11.3 Å². The Balaban J connectivity index is 1.40. The van der Waals surface area contributed by atoms with Crippen molar-refractivity contribution in [3.63, 3.8) is 0 Å². The molecule has 1 atom stereocenters.